The van der Waals surface area contributed by atoms with Crippen LogP contribution in [-0.2, 0) is 18.8 Å². The van der Waals surface area contributed by atoms with Gasteiger partial charge >= 0.3 is 5.69 Å². The van der Waals surface area contributed by atoms with Crippen molar-refractivity contribution in [2.45, 2.75) is 6.10 Å². The normalized spacial score (nSPS) is 20.3. The van der Waals surface area contributed by atoms with Crippen LogP contribution in [0, 0.1) is 0 Å². The monoisotopic (exact) mass is 277 g/mol. The number of nitrogens with zero attached hydrogens (tertiary/aromatic N) is 2. The molecule has 6 heteroatoms. The van der Waals surface area contributed by atoms with Crippen molar-refractivity contribution >= 4 is 17.2 Å². The zero-order valence-electron chi connectivity index (χ0n) is 13.9. The zero-order chi connectivity index (χ0) is 16.9. The van der Waals surface area contributed by atoms with Crippen molar-refractivity contribution in [2.24, 2.45) is 14.1 Å². The second kappa shape index (κ2) is 4.35. The smallest absolute Gasteiger partial charge is 0.333 e. The van der Waals surface area contributed by atoms with E-state index in [1.54, 1.807) is 18.2 Å². The van der Waals surface area contributed by atoms with E-state index < -0.39 is 24.4 Å². The van der Waals surface area contributed by atoms with Gasteiger partial charge in [-0.3, -0.25) is 13.9 Å². The van der Waals surface area contributed by atoms with E-state index in [1.165, 1.54) is 24.7 Å². The van der Waals surface area contributed by atoms with E-state index in [0.717, 1.165) is 4.57 Å². The van der Waals surface area contributed by atoms with E-state index in [0.29, 0.717) is 5.56 Å². The van der Waals surface area contributed by atoms with Crippen LogP contribution in [0.5, 0.6) is 0 Å². The first-order valence-electron chi connectivity index (χ1n) is 7.46. The molecule has 6 nitrogen and oxygen atoms in total. The fourth-order valence-electron chi connectivity index (χ4n) is 2.37. The lowest BCUT2D eigenvalue weighted by Crippen LogP contribution is -2.36. The number of methoxy groups -OCH3 is 1. The summed E-state index contributed by atoms with van der Waals surface area (Å²) in [6.07, 6.45) is 5.39. The van der Waals surface area contributed by atoms with E-state index in [4.69, 9.17) is 13.3 Å². The summed E-state index contributed by atoms with van der Waals surface area (Å²) in [5.74, 6) is 0.289. The van der Waals surface area contributed by atoms with Gasteiger partial charge in [-0.1, -0.05) is 18.2 Å². The number of rotatable bonds is 1. The number of ether oxygens (including phenoxy) is 1. The average molecular weight is 277 g/mol. The number of aromatic nitrogens is 2. The highest BCUT2D eigenvalue weighted by atomic mass is 16.5. The molecule has 104 valence electrons. The quantitative estimate of drug-likeness (QED) is 0.783. The third-order valence-electron chi connectivity index (χ3n) is 3.41. The first-order valence-corrected chi connectivity index (χ1v) is 5.96. The molecular weight excluding hydrogens is 260 g/mol. The topological polar surface area (TPSA) is 66.4 Å². The minimum atomic E-state index is -2.65. The third kappa shape index (κ3) is 1.55. The Balaban J connectivity index is 2.39. The largest absolute Gasteiger partial charge is 0.439 e. The minimum Gasteiger partial charge on any atom is -0.439 e. The zero-order valence-corrected chi connectivity index (χ0v) is 10.9. The maximum atomic E-state index is 12.5. The molecule has 0 saturated carbocycles. The van der Waals surface area contributed by atoms with Crippen LogP contribution < -0.4 is 11.2 Å². The predicted molar refractivity (Wildman–Crippen MR) is 74.6 cm³/mol. The highest BCUT2D eigenvalue weighted by Crippen LogP contribution is 2.33. The molecule has 2 heterocycles. The van der Waals surface area contributed by atoms with Gasteiger partial charge in [0.2, 0.25) is 5.71 Å². The summed E-state index contributed by atoms with van der Waals surface area (Å²) in [5, 5.41) is 0.134. The molecule has 0 aromatic carbocycles. The number of furan rings is 1. The second-order valence-electron chi connectivity index (χ2n) is 4.55. The number of fused-ring (bicyclic) bond motifs is 3. The molecule has 3 rings (SSSR count). The molecule has 0 bridgehead atoms. The Kier molecular flexibility index (Phi) is 2.07. The second-order valence-corrected chi connectivity index (χ2v) is 4.55. The minimum absolute atomic E-state index is 0.0854. The highest BCUT2D eigenvalue weighted by Gasteiger charge is 2.25. The van der Waals surface area contributed by atoms with Crippen LogP contribution in [0.25, 0.3) is 17.2 Å². The Morgan fingerprint density at radius 3 is 2.85 bits per heavy atom. The van der Waals surface area contributed by atoms with Gasteiger partial charge in [-0.2, -0.15) is 0 Å². The van der Waals surface area contributed by atoms with Crippen molar-refractivity contribution in [3.63, 3.8) is 0 Å². The van der Waals surface area contributed by atoms with Crippen LogP contribution in [-0.4, -0.2) is 16.2 Å². The van der Waals surface area contributed by atoms with Gasteiger partial charge in [0, 0.05) is 26.7 Å². The summed E-state index contributed by atoms with van der Waals surface area (Å²) >= 11 is 0. The van der Waals surface area contributed by atoms with Crippen LogP contribution in [0.1, 0.15) is 21.5 Å². The van der Waals surface area contributed by atoms with Crippen LogP contribution in [0.2, 0.25) is 0 Å². The lowest BCUT2D eigenvalue weighted by molar-refractivity contribution is 0.143. The molecule has 20 heavy (non-hydrogen) atoms. The van der Waals surface area contributed by atoms with Gasteiger partial charge in [0.1, 0.15) is 17.3 Å². The average Bonchev–Trinajstić information content (AvgIpc) is 2.74. The van der Waals surface area contributed by atoms with E-state index >= 15 is 0 Å². The number of hydrogen-bond donors (Lipinski definition) is 0. The van der Waals surface area contributed by atoms with Gasteiger partial charge in [0.05, 0.1) is 4.11 Å². The lowest BCUT2D eigenvalue weighted by atomic mass is 10.1. The summed E-state index contributed by atoms with van der Waals surface area (Å²) in [5.41, 5.74) is -0.699. The van der Waals surface area contributed by atoms with E-state index in [1.807, 2.05) is 0 Å². The number of allylic oxidation sites excluding steroid dienone is 2. The Bertz CT molecular complexity index is 960. The first-order chi connectivity index (χ1) is 10.7. The summed E-state index contributed by atoms with van der Waals surface area (Å²) in [6.45, 7) is 0. The summed E-state index contributed by atoms with van der Waals surface area (Å²) in [7, 11) is 0.184. The molecule has 1 aliphatic carbocycles. The molecule has 0 N–H and O–H groups in total. The number of aryl methyl sites for hydroxylation is 1. The predicted octanol–water partition coefficient (Wildman–Crippen LogP) is 1.10. The summed E-state index contributed by atoms with van der Waals surface area (Å²) in [6, 6.07) is 0. The Morgan fingerprint density at radius 2 is 2.10 bits per heavy atom. The Hall–Kier alpha value is -2.34. The van der Waals surface area contributed by atoms with Crippen molar-refractivity contribution in [2.75, 3.05) is 7.04 Å². The van der Waals surface area contributed by atoms with Gasteiger partial charge in [-0.25, -0.2) is 4.79 Å². The van der Waals surface area contributed by atoms with E-state index in [2.05, 4.69) is 0 Å². The van der Waals surface area contributed by atoms with Gasteiger partial charge in [0.25, 0.3) is 5.56 Å². The Labute approximate surface area is 118 Å². The maximum Gasteiger partial charge on any atom is 0.333 e. The molecule has 0 fully saturated rings. The summed E-state index contributed by atoms with van der Waals surface area (Å²) in [4.78, 5) is 24.5. The first kappa shape index (κ1) is 9.55. The standard InChI is InChI=1S/C14H14N2O4/c1-15-12(17)11-10-8(19-3)6-4-5-7-9(10)20-13(11)16(2)14(15)18/h4-8H,1-3H3/i3D3. The highest BCUT2D eigenvalue weighted by molar-refractivity contribution is 5.82. The Morgan fingerprint density at radius 1 is 1.30 bits per heavy atom. The molecule has 0 aliphatic heterocycles. The molecular formula is C14H14N2O4. The molecule has 1 unspecified atom stereocenters. The van der Waals surface area contributed by atoms with Crippen molar-refractivity contribution < 1.29 is 13.3 Å². The molecule has 1 aliphatic rings. The molecule has 0 amide bonds. The SMILES string of the molecule is [2H]C([2H])([2H])OC1C=CC=Cc2oc3c(c21)c(=O)n(C)c(=O)n3C. The van der Waals surface area contributed by atoms with Crippen molar-refractivity contribution in [1.82, 2.24) is 9.13 Å². The fourth-order valence-corrected chi connectivity index (χ4v) is 2.37. The molecule has 0 saturated heterocycles. The lowest BCUT2D eigenvalue weighted by Gasteiger charge is -2.09. The van der Waals surface area contributed by atoms with Gasteiger partial charge in [0.15, 0.2) is 0 Å². The molecule has 2 aromatic rings. The molecule has 0 radical (unpaired) electrons. The molecule has 1 atom stereocenters. The fraction of sp³-hybridized carbons (Fsp3) is 0.286. The van der Waals surface area contributed by atoms with Gasteiger partial charge < -0.3 is 9.15 Å². The van der Waals surface area contributed by atoms with Crippen molar-refractivity contribution in [1.29, 1.82) is 0 Å². The van der Waals surface area contributed by atoms with Crippen LogP contribution in [0.15, 0.2) is 32.2 Å². The van der Waals surface area contributed by atoms with Crippen molar-refractivity contribution in [3.8, 4) is 0 Å². The number of hydrogen-bond acceptors (Lipinski definition) is 4. The van der Waals surface area contributed by atoms with Gasteiger partial charge in [-0.15, -0.1) is 0 Å². The van der Waals surface area contributed by atoms with Crippen LogP contribution >= 0.6 is 0 Å². The third-order valence-corrected chi connectivity index (χ3v) is 3.41. The van der Waals surface area contributed by atoms with E-state index in [9.17, 15) is 9.59 Å². The van der Waals surface area contributed by atoms with E-state index in [-0.39, 0.29) is 16.9 Å². The van der Waals surface area contributed by atoms with Crippen LogP contribution in [0.3, 0.4) is 0 Å². The van der Waals surface area contributed by atoms with Crippen LogP contribution in [0.4, 0.5) is 0 Å². The van der Waals surface area contributed by atoms with Gasteiger partial charge in [-0.05, 0) is 6.08 Å². The molecule has 2 aromatic heterocycles. The maximum absolute atomic E-state index is 12.5. The molecule has 0 spiro atoms. The van der Waals surface area contributed by atoms with Crippen molar-refractivity contribution in [3.05, 3.63) is 50.4 Å². The summed E-state index contributed by atoms with van der Waals surface area (Å²) < 4.78 is 34.8.